The van der Waals surface area contributed by atoms with Crippen molar-refractivity contribution in [3.63, 3.8) is 0 Å². The molecule has 1 fully saturated rings. The standard InChI is InChI=1S/C20H19F3N2O3S/c1-25-7-5-12(6-8-25)14-11-24-17-10-16(22)18(9-13(14)17)28-29(26,27)19-4-2-3-15(21)20(19)23/h2-4,9-12,24H,5-8H2,1H3. The number of aromatic nitrogens is 1. The summed E-state index contributed by atoms with van der Waals surface area (Å²) in [6, 6.07) is 5.13. The molecule has 2 aromatic carbocycles. The number of rotatable bonds is 4. The lowest BCUT2D eigenvalue weighted by Crippen LogP contribution is -2.29. The van der Waals surface area contributed by atoms with Crippen molar-refractivity contribution in [1.82, 2.24) is 9.88 Å². The van der Waals surface area contributed by atoms with E-state index >= 15 is 0 Å². The molecule has 0 saturated carbocycles. The van der Waals surface area contributed by atoms with E-state index in [0.717, 1.165) is 55.8 Å². The van der Waals surface area contributed by atoms with Crippen LogP contribution in [0, 0.1) is 17.5 Å². The molecule has 1 aromatic heterocycles. The first-order valence-electron chi connectivity index (χ1n) is 9.14. The molecule has 0 spiro atoms. The minimum absolute atomic E-state index is 0.246. The molecular formula is C20H19F3N2O3S. The Bertz CT molecular complexity index is 1170. The monoisotopic (exact) mass is 424 g/mol. The highest BCUT2D eigenvalue weighted by atomic mass is 32.2. The highest BCUT2D eigenvalue weighted by Gasteiger charge is 2.27. The maximum atomic E-state index is 14.5. The molecule has 1 N–H and O–H groups in total. The van der Waals surface area contributed by atoms with Gasteiger partial charge in [0.1, 0.15) is 4.90 Å². The van der Waals surface area contributed by atoms with Crippen LogP contribution < -0.4 is 4.18 Å². The molecule has 9 heteroatoms. The van der Waals surface area contributed by atoms with E-state index in [1.807, 2.05) is 7.05 Å². The van der Waals surface area contributed by atoms with E-state index in [9.17, 15) is 21.6 Å². The zero-order chi connectivity index (χ0) is 20.8. The predicted molar refractivity (Wildman–Crippen MR) is 102 cm³/mol. The number of nitrogens with one attached hydrogen (secondary N) is 1. The van der Waals surface area contributed by atoms with Crippen LogP contribution in [-0.2, 0) is 10.1 Å². The number of nitrogens with zero attached hydrogens (tertiary/aromatic N) is 1. The summed E-state index contributed by atoms with van der Waals surface area (Å²) in [7, 11) is -2.71. The summed E-state index contributed by atoms with van der Waals surface area (Å²) in [5, 5.41) is 0.644. The molecule has 0 bridgehead atoms. The second kappa shape index (κ2) is 7.38. The van der Waals surface area contributed by atoms with Gasteiger partial charge >= 0.3 is 10.1 Å². The quantitative estimate of drug-likeness (QED) is 0.639. The largest absolute Gasteiger partial charge is 0.376 e. The molecule has 1 aliphatic rings. The summed E-state index contributed by atoms with van der Waals surface area (Å²) in [4.78, 5) is 4.24. The number of aromatic amines is 1. The average Bonchev–Trinajstić information content (AvgIpc) is 3.07. The smallest absolute Gasteiger partial charge is 0.342 e. The molecule has 1 aliphatic heterocycles. The molecule has 0 radical (unpaired) electrons. The third kappa shape index (κ3) is 3.72. The average molecular weight is 424 g/mol. The SMILES string of the molecule is CN1CCC(c2c[nH]c3cc(F)c(OS(=O)(=O)c4cccc(F)c4F)cc23)CC1. The van der Waals surface area contributed by atoms with Crippen LogP contribution in [0.5, 0.6) is 5.75 Å². The molecule has 1 saturated heterocycles. The summed E-state index contributed by atoms with van der Waals surface area (Å²) in [6.45, 7) is 1.85. The summed E-state index contributed by atoms with van der Waals surface area (Å²) in [6.07, 6.45) is 3.64. The number of likely N-dealkylation sites (tertiary alicyclic amines) is 1. The Morgan fingerprint density at radius 2 is 1.83 bits per heavy atom. The van der Waals surface area contributed by atoms with Gasteiger partial charge in [-0.2, -0.15) is 8.42 Å². The van der Waals surface area contributed by atoms with Crippen molar-refractivity contribution in [1.29, 1.82) is 0 Å². The van der Waals surface area contributed by atoms with Gasteiger partial charge in [0, 0.05) is 23.2 Å². The Morgan fingerprint density at radius 1 is 1.10 bits per heavy atom. The third-order valence-corrected chi connectivity index (χ3v) is 6.56. The Balaban J connectivity index is 1.71. The zero-order valence-electron chi connectivity index (χ0n) is 15.6. The molecule has 154 valence electrons. The van der Waals surface area contributed by atoms with Gasteiger partial charge in [0.05, 0.1) is 0 Å². The van der Waals surface area contributed by atoms with Gasteiger partial charge in [0.15, 0.2) is 23.2 Å². The number of benzene rings is 2. The van der Waals surface area contributed by atoms with E-state index in [0.29, 0.717) is 10.9 Å². The van der Waals surface area contributed by atoms with E-state index in [1.54, 1.807) is 6.20 Å². The summed E-state index contributed by atoms with van der Waals surface area (Å²) in [5.41, 5.74) is 1.46. The van der Waals surface area contributed by atoms with Gasteiger partial charge in [-0.3, -0.25) is 0 Å². The lowest BCUT2D eigenvalue weighted by atomic mass is 9.89. The molecular weight excluding hydrogens is 405 g/mol. The molecule has 0 amide bonds. The van der Waals surface area contributed by atoms with Crippen LogP contribution in [0.15, 0.2) is 41.4 Å². The van der Waals surface area contributed by atoms with Crippen molar-refractivity contribution in [2.24, 2.45) is 0 Å². The van der Waals surface area contributed by atoms with Crippen molar-refractivity contribution in [3.05, 3.63) is 59.5 Å². The minimum atomic E-state index is -4.76. The van der Waals surface area contributed by atoms with Crippen LogP contribution in [0.25, 0.3) is 10.9 Å². The number of hydrogen-bond donors (Lipinski definition) is 1. The lowest BCUT2D eigenvalue weighted by Gasteiger charge is -2.28. The Hall–Kier alpha value is -2.52. The van der Waals surface area contributed by atoms with Crippen LogP contribution in [0.4, 0.5) is 13.2 Å². The second-order valence-electron chi connectivity index (χ2n) is 7.24. The van der Waals surface area contributed by atoms with Crippen molar-refractivity contribution in [3.8, 4) is 5.75 Å². The second-order valence-corrected chi connectivity index (χ2v) is 8.75. The normalized spacial score (nSPS) is 16.4. The molecule has 29 heavy (non-hydrogen) atoms. The van der Waals surface area contributed by atoms with Gasteiger partial charge in [-0.15, -0.1) is 0 Å². The molecule has 3 aromatic rings. The van der Waals surface area contributed by atoms with Crippen LogP contribution in [-0.4, -0.2) is 38.4 Å². The maximum Gasteiger partial charge on any atom is 0.342 e. The Kier molecular flexibility index (Phi) is 5.04. The third-order valence-electron chi connectivity index (χ3n) is 5.31. The predicted octanol–water partition coefficient (Wildman–Crippen LogP) is 4.16. The van der Waals surface area contributed by atoms with E-state index in [-0.39, 0.29) is 5.92 Å². The maximum absolute atomic E-state index is 14.5. The van der Waals surface area contributed by atoms with Crippen LogP contribution in [0.3, 0.4) is 0 Å². The number of fused-ring (bicyclic) bond motifs is 1. The number of hydrogen-bond acceptors (Lipinski definition) is 4. The fourth-order valence-corrected chi connectivity index (χ4v) is 4.72. The van der Waals surface area contributed by atoms with Crippen molar-refractivity contribution in [2.45, 2.75) is 23.7 Å². The van der Waals surface area contributed by atoms with E-state index in [1.165, 1.54) is 6.07 Å². The number of H-pyrrole nitrogens is 1. The first kappa shape index (κ1) is 19.8. The number of piperidine rings is 1. The summed E-state index contributed by atoms with van der Waals surface area (Å²) in [5.74, 6) is -4.14. The van der Waals surface area contributed by atoms with Crippen molar-refractivity contribution >= 4 is 21.0 Å². The topological polar surface area (TPSA) is 62.4 Å². The zero-order valence-corrected chi connectivity index (χ0v) is 16.4. The first-order chi connectivity index (χ1) is 13.8. The first-order valence-corrected chi connectivity index (χ1v) is 10.5. The van der Waals surface area contributed by atoms with Gasteiger partial charge in [-0.05, 0) is 62.7 Å². The van der Waals surface area contributed by atoms with Gasteiger partial charge in [0.2, 0.25) is 0 Å². The van der Waals surface area contributed by atoms with Crippen LogP contribution in [0.2, 0.25) is 0 Å². The van der Waals surface area contributed by atoms with E-state index < -0.39 is 38.2 Å². The van der Waals surface area contributed by atoms with E-state index in [4.69, 9.17) is 4.18 Å². The van der Waals surface area contributed by atoms with Crippen molar-refractivity contribution in [2.75, 3.05) is 20.1 Å². The fourth-order valence-electron chi connectivity index (χ4n) is 3.71. The highest BCUT2D eigenvalue weighted by Crippen LogP contribution is 2.36. The summed E-state index contributed by atoms with van der Waals surface area (Å²) >= 11 is 0. The Labute approximate surface area is 166 Å². The van der Waals surface area contributed by atoms with E-state index in [2.05, 4.69) is 9.88 Å². The number of halogens is 3. The van der Waals surface area contributed by atoms with Gasteiger partial charge < -0.3 is 14.1 Å². The van der Waals surface area contributed by atoms with Crippen LogP contribution >= 0.6 is 0 Å². The van der Waals surface area contributed by atoms with Gasteiger partial charge in [0.25, 0.3) is 0 Å². The van der Waals surface area contributed by atoms with Crippen LogP contribution in [0.1, 0.15) is 24.3 Å². The molecule has 4 rings (SSSR count). The fraction of sp³-hybridized carbons (Fsp3) is 0.300. The molecule has 0 aliphatic carbocycles. The molecule has 5 nitrogen and oxygen atoms in total. The Morgan fingerprint density at radius 3 is 2.55 bits per heavy atom. The molecule has 0 atom stereocenters. The molecule has 0 unspecified atom stereocenters. The van der Waals surface area contributed by atoms with Gasteiger partial charge in [-0.1, -0.05) is 6.07 Å². The minimum Gasteiger partial charge on any atom is -0.376 e. The van der Waals surface area contributed by atoms with Crippen molar-refractivity contribution < 1.29 is 25.8 Å². The summed E-state index contributed by atoms with van der Waals surface area (Å²) < 4.78 is 71.5. The van der Waals surface area contributed by atoms with Gasteiger partial charge in [-0.25, -0.2) is 13.2 Å². The lowest BCUT2D eigenvalue weighted by molar-refractivity contribution is 0.256. The highest BCUT2D eigenvalue weighted by molar-refractivity contribution is 7.87. The molecule has 2 heterocycles.